The molecule has 0 aliphatic heterocycles. The van der Waals surface area contributed by atoms with Gasteiger partial charge in [-0.25, -0.2) is 0 Å². The predicted octanol–water partition coefficient (Wildman–Crippen LogP) is -1.80. The fourth-order valence-electron chi connectivity index (χ4n) is 0.310. The zero-order valence-corrected chi connectivity index (χ0v) is 8.88. The molecular weight excluding hydrogens is 216 g/mol. The van der Waals surface area contributed by atoms with Crippen molar-refractivity contribution in [1.29, 1.82) is 0 Å². The molecule has 0 aromatic rings. The maximum absolute atomic E-state index is 10.5. The van der Waals surface area contributed by atoms with Crippen molar-refractivity contribution in [2.45, 2.75) is 0 Å². The van der Waals surface area contributed by atoms with Gasteiger partial charge in [0.1, 0.15) is 0 Å². The van der Waals surface area contributed by atoms with Gasteiger partial charge in [0.15, 0.2) is 0 Å². The van der Waals surface area contributed by atoms with Crippen molar-refractivity contribution in [2.75, 3.05) is 0 Å². The summed E-state index contributed by atoms with van der Waals surface area (Å²) in [5.74, 6) is 15.6. The molecule has 3 nitrogen and oxygen atoms in total. The average molecular weight is 220 g/mol. The van der Waals surface area contributed by atoms with E-state index in [4.69, 9.17) is 9.59 Å². The maximum atomic E-state index is 10.5. The fraction of sp³-hybridized carbons (Fsp3) is 0. The molecule has 0 bridgehead atoms. The Bertz CT molecular complexity index is 451. The Balaban J connectivity index is 4.23. The number of hydrogen-bond acceptors (Lipinski definition) is 4. The van der Waals surface area contributed by atoms with Gasteiger partial charge in [-0.05, 0) is 46.7 Å². The molecule has 0 rings (SSSR count). The highest BCUT2D eigenvalue weighted by atomic mass is 32.1. The van der Waals surface area contributed by atoms with Crippen LogP contribution in [0.2, 0.25) is 0 Å². The van der Waals surface area contributed by atoms with Crippen molar-refractivity contribution < 1.29 is 14.4 Å². The van der Waals surface area contributed by atoms with Crippen LogP contribution < -0.4 is 0 Å². The van der Waals surface area contributed by atoms with Crippen LogP contribution in [0.25, 0.3) is 0 Å². The van der Waals surface area contributed by atoms with Crippen molar-refractivity contribution in [1.82, 2.24) is 0 Å². The van der Waals surface area contributed by atoms with E-state index in [1.807, 2.05) is 5.92 Å². The van der Waals surface area contributed by atoms with Gasteiger partial charge in [0.05, 0.1) is 0 Å². The van der Waals surface area contributed by atoms with E-state index in [9.17, 15) is 4.79 Å². The van der Waals surface area contributed by atoms with Crippen LogP contribution in [0.5, 0.6) is 0 Å². The highest BCUT2D eigenvalue weighted by Crippen LogP contribution is 1.70. The molecule has 0 heterocycles. The smallest absolute Gasteiger partial charge is 0.404 e. The van der Waals surface area contributed by atoms with E-state index in [1.54, 1.807) is 0 Å². The minimum atomic E-state index is -3.28. The van der Waals surface area contributed by atoms with Crippen molar-refractivity contribution in [3.8, 4) is 46.7 Å². The summed E-state index contributed by atoms with van der Waals surface area (Å²) in [6, 6.07) is 0. The number of carbonyl (C=O) groups excluding carboxylic acids is 1. The Morgan fingerprint density at radius 2 is 1.50 bits per heavy atom. The summed E-state index contributed by atoms with van der Waals surface area (Å²) in [6.45, 7) is 0. The Morgan fingerprint density at radius 3 is 2.00 bits per heavy atom. The van der Waals surface area contributed by atoms with E-state index in [0.29, 0.717) is 0 Å². The van der Waals surface area contributed by atoms with Gasteiger partial charge in [-0.2, -0.15) is 0 Å². The first-order chi connectivity index (χ1) is 6.68. The van der Waals surface area contributed by atoms with E-state index >= 15 is 0 Å². The summed E-state index contributed by atoms with van der Waals surface area (Å²) in [6.07, 6.45) is 0. The summed E-state index contributed by atoms with van der Waals surface area (Å²) in [4.78, 5) is 27.4. The minimum Gasteiger partial charge on any atom is -0.407 e. The van der Waals surface area contributed by atoms with Gasteiger partial charge < -0.3 is 9.59 Å². The van der Waals surface area contributed by atoms with E-state index in [1.165, 1.54) is 0 Å². The quantitative estimate of drug-likeness (QED) is 0.278. The van der Waals surface area contributed by atoms with Gasteiger partial charge in [-0.15, -0.1) is 0 Å². The van der Waals surface area contributed by atoms with Gasteiger partial charge in [-0.1, -0.05) is 12.6 Å². The van der Waals surface area contributed by atoms with Gasteiger partial charge in [0.25, 0.3) is 0 Å². The molecule has 0 aromatic carbocycles. The molecule has 0 amide bonds. The number of rotatable bonds is 1. The van der Waals surface area contributed by atoms with E-state index in [2.05, 4.69) is 53.4 Å². The summed E-state index contributed by atoms with van der Waals surface area (Å²) >= 11 is 3.58. The van der Waals surface area contributed by atoms with Crippen molar-refractivity contribution in [2.24, 2.45) is 0 Å². The summed E-state index contributed by atoms with van der Waals surface area (Å²) in [7, 11) is -3.28. The molecule has 0 radical (unpaired) electrons. The largest absolute Gasteiger partial charge is 0.407 e. The molecule has 0 saturated carbocycles. The van der Waals surface area contributed by atoms with Crippen LogP contribution in [0.15, 0.2) is 0 Å². The first-order valence-electron chi connectivity index (χ1n) is 3.23. The first kappa shape index (κ1) is 12.4. The molecule has 5 heteroatoms. The minimum absolute atomic E-state index is 0.873. The van der Waals surface area contributed by atoms with Gasteiger partial charge in [-0.3, -0.25) is 4.79 Å². The van der Waals surface area contributed by atoms with Crippen molar-refractivity contribution in [3.63, 3.8) is 0 Å². The summed E-state index contributed by atoms with van der Waals surface area (Å²) in [5, 5.41) is 1.37. The Hall–Kier alpha value is -1.60. The standard InChI is InChI=1S/C9H4O3SSi/c10-9(14(11)12)7-5-3-1-2-4-6-8-13/h11-14H. The number of thiol groups is 1. The normalized spacial score (nSPS) is 6.29. The van der Waals surface area contributed by atoms with E-state index < -0.39 is 14.7 Å². The Morgan fingerprint density at radius 1 is 1.00 bits per heavy atom. The van der Waals surface area contributed by atoms with Crippen LogP contribution in [-0.2, 0) is 4.79 Å². The predicted molar refractivity (Wildman–Crippen MR) is 56.7 cm³/mol. The highest BCUT2D eigenvalue weighted by Gasteiger charge is 2.10. The van der Waals surface area contributed by atoms with Crippen molar-refractivity contribution >= 4 is 27.3 Å². The van der Waals surface area contributed by atoms with Crippen LogP contribution in [-0.4, -0.2) is 24.3 Å². The molecule has 0 fully saturated rings. The fourth-order valence-corrected chi connectivity index (χ4v) is 0.568. The lowest BCUT2D eigenvalue weighted by molar-refractivity contribution is -0.109. The van der Waals surface area contributed by atoms with Crippen LogP contribution in [0, 0.1) is 46.7 Å². The summed E-state index contributed by atoms with van der Waals surface area (Å²) < 4.78 is 0. The number of carbonyl (C=O) groups is 1. The lowest BCUT2D eigenvalue weighted by Crippen LogP contribution is -2.23. The van der Waals surface area contributed by atoms with Gasteiger partial charge >= 0.3 is 9.28 Å². The molecule has 0 aliphatic rings. The SMILES string of the molecule is O=C(C#CC#CC#CC#CS)[SiH](O)O. The molecule has 0 saturated heterocycles. The maximum Gasteiger partial charge on any atom is 0.404 e. The third-order valence-electron chi connectivity index (χ3n) is 0.789. The molecule has 0 atom stereocenters. The molecule has 2 N–H and O–H groups in total. The van der Waals surface area contributed by atoms with Crippen LogP contribution in [0.1, 0.15) is 0 Å². The van der Waals surface area contributed by atoms with E-state index in [0.717, 1.165) is 0 Å². The van der Waals surface area contributed by atoms with Crippen LogP contribution in [0.4, 0.5) is 0 Å². The zero-order chi connectivity index (χ0) is 10.8. The second kappa shape index (κ2) is 8.02. The van der Waals surface area contributed by atoms with Gasteiger partial charge in [0.2, 0.25) is 5.41 Å². The molecule has 0 aliphatic carbocycles. The lowest BCUT2D eigenvalue weighted by Gasteiger charge is -1.85. The lowest BCUT2D eigenvalue weighted by atomic mass is 10.5. The van der Waals surface area contributed by atoms with E-state index in [-0.39, 0.29) is 0 Å². The molecule has 68 valence electrons. The number of hydrogen-bond donors (Lipinski definition) is 3. The Labute approximate surface area is 88.8 Å². The molecule has 0 unspecified atom stereocenters. The molecule has 14 heavy (non-hydrogen) atoms. The topological polar surface area (TPSA) is 57.5 Å². The summed E-state index contributed by atoms with van der Waals surface area (Å²) in [5.41, 5.74) is 0. The Kier molecular flexibility index (Phi) is 7.10. The molecular formula is C9H4O3SSi. The second-order valence-electron chi connectivity index (χ2n) is 1.72. The van der Waals surface area contributed by atoms with Crippen LogP contribution in [0.3, 0.4) is 0 Å². The average Bonchev–Trinajstić information content (AvgIpc) is 2.16. The van der Waals surface area contributed by atoms with Gasteiger partial charge in [0, 0.05) is 0 Å². The molecule has 0 spiro atoms. The third kappa shape index (κ3) is 7.07. The van der Waals surface area contributed by atoms with Crippen molar-refractivity contribution in [3.05, 3.63) is 0 Å². The monoisotopic (exact) mass is 220 g/mol. The molecule has 0 aromatic heterocycles. The zero-order valence-electron chi connectivity index (χ0n) is 6.83. The highest BCUT2D eigenvalue weighted by molar-refractivity contribution is 7.85. The third-order valence-corrected chi connectivity index (χ3v) is 1.51. The second-order valence-corrected chi connectivity index (χ2v) is 3.22. The van der Waals surface area contributed by atoms with Crippen LogP contribution >= 0.6 is 12.6 Å². The first-order valence-corrected chi connectivity index (χ1v) is 5.29.